The zero-order valence-corrected chi connectivity index (χ0v) is 24.8. The molecule has 42 heavy (non-hydrogen) atoms. The molecular formula is C33H38FN3O4S. The number of carbonyl (C=O) groups excluding carboxylic acids is 2. The molecule has 2 aliphatic rings. The van der Waals surface area contributed by atoms with E-state index in [1.165, 1.54) is 34.1 Å². The van der Waals surface area contributed by atoms with Crippen molar-refractivity contribution in [1.82, 2.24) is 14.1 Å². The van der Waals surface area contributed by atoms with Crippen LogP contribution in [0.2, 0.25) is 0 Å². The lowest BCUT2D eigenvalue weighted by molar-refractivity contribution is -0.138. The summed E-state index contributed by atoms with van der Waals surface area (Å²) < 4.78 is 42.2. The van der Waals surface area contributed by atoms with E-state index in [1.54, 1.807) is 35.2 Å². The van der Waals surface area contributed by atoms with Crippen molar-refractivity contribution in [3.8, 4) is 0 Å². The van der Waals surface area contributed by atoms with Gasteiger partial charge in [-0.05, 0) is 67.0 Å². The molecule has 0 spiro atoms. The summed E-state index contributed by atoms with van der Waals surface area (Å²) >= 11 is 0. The van der Waals surface area contributed by atoms with Crippen molar-refractivity contribution in [2.45, 2.75) is 56.0 Å². The highest BCUT2D eigenvalue weighted by Gasteiger charge is 2.46. The van der Waals surface area contributed by atoms with E-state index in [2.05, 4.69) is 12.1 Å². The van der Waals surface area contributed by atoms with E-state index in [-0.39, 0.29) is 54.2 Å². The van der Waals surface area contributed by atoms with Crippen molar-refractivity contribution in [3.63, 3.8) is 0 Å². The molecule has 3 aromatic carbocycles. The Labute approximate surface area is 248 Å². The zero-order chi connectivity index (χ0) is 29.7. The van der Waals surface area contributed by atoms with Crippen LogP contribution in [0.25, 0.3) is 0 Å². The van der Waals surface area contributed by atoms with Gasteiger partial charge in [0.2, 0.25) is 21.8 Å². The van der Waals surface area contributed by atoms with Crippen molar-refractivity contribution in [2.75, 3.05) is 26.2 Å². The average molecular weight is 592 g/mol. The third-order valence-corrected chi connectivity index (χ3v) is 10.1. The standard InChI is InChI=1S/C33H38FN3O4S/c1-2-18-36(42(40,41)29-14-7-4-8-15-29)24-32(38)37(23-25-10-9-13-27(34)21-25)28-16-19-35(20-17-28)33(39)31-22-30(31)26-11-5-3-6-12-26/h3-15,21,28,30-31H,2,16-20,22-24H2,1H3/t30-,31+/m1/s1. The molecule has 9 heteroatoms. The number of benzene rings is 3. The minimum atomic E-state index is -3.88. The zero-order valence-electron chi connectivity index (χ0n) is 23.9. The fraction of sp³-hybridized carbons (Fsp3) is 0.394. The third kappa shape index (κ3) is 6.90. The first-order valence-corrected chi connectivity index (χ1v) is 16.1. The Morgan fingerprint density at radius 2 is 1.60 bits per heavy atom. The molecule has 1 saturated heterocycles. The van der Waals surface area contributed by atoms with E-state index in [0.29, 0.717) is 37.9 Å². The maximum atomic E-state index is 14.1. The molecule has 7 nitrogen and oxygen atoms in total. The number of hydrogen-bond acceptors (Lipinski definition) is 4. The van der Waals surface area contributed by atoms with E-state index >= 15 is 0 Å². The molecule has 2 amide bonds. The number of hydrogen-bond donors (Lipinski definition) is 0. The quantitative estimate of drug-likeness (QED) is 0.313. The van der Waals surface area contributed by atoms with Crippen LogP contribution in [-0.4, -0.2) is 66.6 Å². The van der Waals surface area contributed by atoms with Crippen LogP contribution in [0.3, 0.4) is 0 Å². The SMILES string of the molecule is CCCN(CC(=O)N(Cc1cccc(F)c1)C1CCN(C(=O)[C@H]2C[C@@H]2c2ccccc2)CC1)S(=O)(=O)c1ccccc1. The fourth-order valence-corrected chi connectivity index (χ4v) is 7.44. The lowest BCUT2D eigenvalue weighted by Gasteiger charge is -2.39. The van der Waals surface area contributed by atoms with Crippen LogP contribution in [-0.2, 0) is 26.2 Å². The Balaban J connectivity index is 1.29. The van der Waals surface area contributed by atoms with Gasteiger partial charge >= 0.3 is 0 Å². The second kappa shape index (κ2) is 13.2. The Morgan fingerprint density at radius 1 is 0.929 bits per heavy atom. The van der Waals surface area contributed by atoms with Crippen molar-refractivity contribution in [2.24, 2.45) is 5.92 Å². The molecule has 1 saturated carbocycles. The molecular weight excluding hydrogens is 553 g/mol. The fourth-order valence-electron chi connectivity index (χ4n) is 5.94. The first-order chi connectivity index (χ1) is 20.3. The topological polar surface area (TPSA) is 78.0 Å². The number of likely N-dealkylation sites (tertiary alicyclic amines) is 1. The molecule has 2 atom stereocenters. The van der Waals surface area contributed by atoms with Crippen LogP contribution in [0.5, 0.6) is 0 Å². The molecule has 1 heterocycles. The van der Waals surface area contributed by atoms with Gasteiger partial charge in [-0.15, -0.1) is 0 Å². The summed E-state index contributed by atoms with van der Waals surface area (Å²) in [6, 6.07) is 24.2. The van der Waals surface area contributed by atoms with Crippen LogP contribution in [0.4, 0.5) is 4.39 Å². The molecule has 0 unspecified atom stereocenters. The molecule has 1 aliphatic carbocycles. The van der Waals surface area contributed by atoms with Crippen LogP contribution in [0.15, 0.2) is 89.8 Å². The van der Waals surface area contributed by atoms with Crippen molar-refractivity contribution in [1.29, 1.82) is 0 Å². The molecule has 5 rings (SSSR count). The normalized spacial score (nSPS) is 19.1. The van der Waals surface area contributed by atoms with Crippen molar-refractivity contribution < 1.29 is 22.4 Å². The first kappa shape index (κ1) is 29.9. The number of halogens is 1. The molecule has 2 fully saturated rings. The molecule has 0 radical (unpaired) electrons. The number of piperidine rings is 1. The highest BCUT2D eigenvalue weighted by atomic mass is 32.2. The van der Waals surface area contributed by atoms with Gasteiger partial charge in [-0.1, -0.05) is 67.6 Å². The molecule has 3 aromatic rings. The summed E-state index contributed by atoms with van der Waals surface area (Å²) in [7, 11) is -3.88. The Hall–Kier alpha value is -3.56. The van der Waals surface area contributed by atoms with E-state index < -0.39 is 15.8 Å². The van der Waals surface area contributed by atoms with Crippen LogP contribution in [0, 0.1) is 11.7 Å². The highest BCUT2D eigenvalue weighted by Crippen LogP contribution is 2.48. The second-order valence-electron chi connectivity index (χ2n) is 11.2. The number of nitrogens with zero attached hydrogens (tertiary/aromatic N) is 3. The maximum absolute atomic E-state index is 14.1. The minimum Gasteiger partial charge on any atom is -0.342 e. The van der Waals surface area contributed by atoms with Gasteiger partial charge < -0.3 is 9.80 Å². The van der Waals surface area contributed by atoms with Crippen LogP contribution in [0.1, 0.15) is 49.7 Å². The molecule has 0 bridgehead atoms. The highest BCUT2D eigenvalue weighted by molar-refractivity contribution is 7.89. The lowest BCUT2D eigenvalue weighted by atomic mass is 10.0. The average Bonchev–Trinajstić information content (AvgIpc) is 3.81. The van der Waals surface area contributed by atoms with Gasteiger partial charge in [0.1, 0.15) is 5.82 Å². The van der Waals surface area contributed by atoms with Crippen molar-refractivity contribution in [3.05, 3.63) is 102 Å². The minimum absolute atomic E-state index is 0.000209. The maximum Gasteiger partial charge on any atom is 0.243 e. The Morgan fingerprint density at radius 3 is 2.24 bits per heavy atom. The largest absolute Gasteiger partial charge is 0.342 e. The van der Waals surface area contributed by atoms with E-state index in [1.807, 2.05) is 30.0 Å². The summed E-state index contributed by atoms with van der Waals surface area (Å²) in [5.41, 5.74) is 1.83. The predicted octanol–water partition coefficient (Wildman–Crippen LogP) is 5.05. The van der Waals surface area contributed by atoms with Gasteiger partial charge in [-0.3, -0.25) is 9.59 Å². The number of amides is 2. The van der Waals surface area contributed by atoms with E-state index in [9.17, 15) is 22.4 Å². The molecule has 0 N–H and O–H groups in total. The predicted molar refractivity (Wildman–Crippen MR) is 159 cm³/mol. The lowest BCUT2D eigenvalue weighted by Crippen LogP contribution is -2.51. The summed E-state index contributed by atoms with van der Waals surface area (Å²) in [5, 5.41) is 0. The Kier molecular flexibility index (Phi) is 9.38. The summed E-state index contributed by atoms with van der Waals surface area (Å²) in [4.78, 5) is 30.9. The molecule has 1 aliphatic heterocycles. The van der Waals surface area contributed by atoms with E-state index in [4.69, 9.17) is 0 Å². The van der Waals surface area contributed by atoms with Crippen LogP contribution >= 0.6 is 0 Å². The summed E-state index contributed by atoms with van der Waals surface area (Å²) in [5.74, 6) is -0.299. The van der Waals surface area contributed by atoms with Gasteiger partial charge in [0.25, 0.3) is 0 Å². The van der Waals surface area contributed by atoms with Crippen molar-refractivity contribution >= 4 is 21.8 Å². The first-order valence-electron chi connectivity index (χ1n) is 14.7. The number of sulfonamides is 1. The van der Waals surface area contributed by atoms with Gasteiger partial charge in [0.05, 0.1) is 11.4 Å². The van der Waals surface area contributed by atoms with Gasteiger partial charge in [-0.2, -0.15) is 4.31 Å². The monoisotopic (exact) mass is 591 g/mol. The number of carbonyl (C=O) groups is 2. The van der Waals surface area contributed by atoms with E-state index in [0.717, 1.165) is 6.42 Å². The summed E-state index contributed by atoms with van der Waals surface area (Å²) in [6.45, 7) is 2.98. The van der Waals surface area contributed by atoms with Crippen LogP contribution < -0.4 is 0 Å². The van der Waals surface area contributed by atoms with Gasteiger partial charge in [0.15, 0.2) is 0 Å². The number of rotatable bonds is 11. The molecule has 0 aromatic heterocycles. The Bertz CT molecular complexity index is 1480. The van der Waals surface area contributed by atoms with Gasteiger partial charge in [-0.25, -0.2) is 12.8 Å². The third-order valence-electron chi connectivity index (χ3n) is 8.28. The van der Waals surface area contributed by atoms with Gasteiger partial charge in [0, 0.05) is 38.1 Å². The summed E-state index contributed by atoms with van der Waals surface area (Å²) in [6.07, 6.45) is 2.56. The second-order valence-corrected chi connectivity index (χ2v) is 13.2. The smallest absolute Gasteiger partial charge is 0.243 e. The molecule has 222 valence electrons.